The Bertz CT molecular complexity index is 1020. The van der Waals surface area contributed by atoms with Crippen LogP contribution >= 0.6 is 11.6 Å². The van der Waals surface area contributed by atoms with Crippen LogP contribution in [0, 0.1) is 6.92 Å². The normalized spacial score (nSPS) is 11.4. The molecule has 0 unspecified atom stereocenters. The fraction of sp³-hybridized carbons (Fsp3) is 0.0667. The standard InChI is InChI=1S/C15H12ClN3O4S/c1-10-7-8-19-12(9-10)17-13(16)14(19)24(21,22)18-15(20)23-11-5-3-2-4-6-11/h2-9H,1H3,(H,18,20). The van der Waals surface area contributed by atoms with Crippen molar-refractivity contribution in [2.75, 3.05) is 0 Å². The Labute approximate surface area is 142 Å². The van der Waals surface area contributed by atoms with Crippen LogP contribution in [0.5, 0.6) is 5.75 Å². The number of hydrogen-bond donors (Lipinski definition) is 1. The lowest BCUT2D eigenvalue weighted by atomic mass is 10.3. The first-order valence-electron chi connectivity index (χ1n) is 6.81. The number of halogens is 1. The lowest BCUT2D eigenvalue weighted by molar-refractivity contribution is 0.207. The van der Waals surface area contributed by atoms with Gasteiger partial charge >= 0.3 is 6.09 Å². The van der Waals surface area contributed by atoms with E-state index in [1.807, 2.05) is 11.6 Å². The molecule has 2 heterocycles. The number of carbonyl (C=O) groups is 1. The number of hydrogen-bond acceptors (Lipinski definition) is 5. The van der Waals surface area contributed by atoms with Crippen molar-refractivity contribution in [1.29, 1.82) is 0 Å². The highest BCUT2D eigenvalue weighted by Crippen LogP contribution is 2.23. The molecule has 0 saturated carbocycles. The summed E-state index contributed by atoms with van der Waals surface area (Å²) < 4.78 is 32.9. The molecule has 0 fully saturated rings. The van der Waals surface area contributed by atoms with Crippen LogP contribution in [0.1, 0.15) is 5.56 Å². The summed E-state index contributed by atoms with van der Waals surface area (Å²) in [5.41, 5.74) is 1.25. The van der Waals surface area contributed by atoms with Gasteiger partial charge in [0.15, 0.2) is 10.2 Å². The summed E-state index contributed by atoms with van der Waals surface area (Å²) in [6.07, 6.45) is 0.375. The van der Waals surface area contributed by atoms with Crippen LogP contribution in [0.2, 0.25) is 5.15 Å². The fourth-order valence-electron chi connectivity index (χ4n) is 2.11. The van der Waals surface area contributed by atoms with Gasteiger partial charge in [-0.1, -0.05) is 29.8 Å². The monoisotopic (exact) mass is 365 g/mol. The summed E-state index contributed by atoms with van der Waals surface area (Å²) in [6.45, 7) is 1.84. The Morgan fingerprint density at radius 1 is 1.25 bits per heavy atom. The Kier molecular flexibility index (Phi) is 4.16. The second kappa shape index (κ2) is 6.14. The lowest BCUT2D eigenvalue weighted by Gasteiger charge is -2.08. The minimum absolute atomic E-state index is 0.213. The van der Waals surface area contributed by atoms with Crippen molar-refractivity contribution >= 4 is 33.4 Å². The number of aromatic nitrogens is 2. The van der Waals surface area contributed by atoms with E-state index >= 15 is 0 Å². The van der Waals surface area contributed by atoms with Gasteiger partial charge in [0, 0.05) is 6.20 Å². The highest BCUT2D eigenvalue weighted by atomic mass is 35.5. The molecule has 124 valence electrons. The average Bonchev–Trinajstić information content (AvgIpc) is 2.83. The Morgan fingerprint density at radius 3 is 2.67 bits per heavy atom. The Morgan fingerprint density at radius 2 is 1.96 bits per heavy atom. The number of ether oxygens (including phenoxy) is 1. The number of pyridine rings is 1. The number of nitrogens with zero attached hydrogens (tertiary/aromatic N) is 2. The minimum atomic E-state index is -4.26. The number of nitrogens with one attached hydrogen (secondary N) is 1. The van der Waals surface area contributed by atoms with E-state index in [0.29, 0.717) is 5.65 Å². The third-order valence-electron chi connectivity index (χ3n) is 3.12. The molecule has 9 heteroatoms. The average molecular weight is 366 g/mol. The summed E-state index contributed by atoms with van der Waals surface area (Å²) in [4.78, 5) is 15.8. The van der Waals surface area contributed by atoms with E-state index in [4.69, 9.17) is 16.3 Å². The van der Waals surface area contributed by atoms with Gasteiger partial charge in [-0.25, -0.2) is 14.5 Å². The molecule has 1 amide bonds. The number of amides is 1. The van der Waals surface area contributed by atoms with E-state index in [2.05, 4.69) is 4.98 Å². The molecule has 3 aromatic rings. The smallest absolute Gasteiger partial charge is 0.410 e. The van der Waals surface area contributed by atoms with Gasteiger partial charge in [-0.2, -0.15) is 8.42 Å². The molecule has 2 aromatic heterocycles. The molecule has 3 rings (SSSR count). The number of benzene rings is 1. The summed E-state index contributed by atoms with van der Waals surface area (Å²) in [5.74, 6) is 0.213. The molecule has 7 nitrogen and oxygen atoms in total. The van der Waals surface area contributed by atoms with Crippen molar-refractivity contribution in [3.8, 4) is 5.75 Å². The third-order valence-corrected chi connectivity index (χ3v) is 4.83. The molecule has 0 spiro atoms. The minimum Gasteiger partial charge on any atom is -0.410 e. The lowest BCUT2D eigenvalue weighted by Crippen LogP contribution is -2.33. The Hall–Kier alpha value is -2.58. The van der Waals surface area contributed by atoms with Crippen LogP contribution < -0.4 is 9.46 Å². The van der Waals surface area contributed by atoms with Crippen molar-refractivity contribution in [3.05, 3.63) is 59.4 Å². The summed E-state index contributed by atoms with van der Waals surface area (Å²) in [6, 6.07) is 11.5. The molecule has 0 radical (unpaired) electrons. The second-order valence-electron chi connectivity index (χ2n) is 4.95. The van der Waals surface area contributed by atoms with Crippen molar-refractivity contribution in [1.82, 2.24) is 14.1 Å². The molecular weight excluding hydrogens is 354 g/mol. The first kappa shape index (κ1) is 16.3. The van der Waals surface area contributed by atoms with Gasteiger partial charge in [0.05, 0.1) is 0 Å². The number of sulfonamides is 1. The molecule has 1 aromatic carbocycles. The molecular formula is C15H12ClN3O4S. The zero-order valence-electron chi connectivity index (χ0n) is 12.4. The largest absolute Gasteiger partial charge is 0.426 e. The zero-order valence-corrected chi connectivity index (χ0v) is 14.0. The number of aryl methyl sites for hydroxylation is 1. The van der Waals surface area contributed by atoms with Gasteiger partial charge in [-0.3, -0.25) is 4.40 Å². The molecule has 0 aliphatic heterocycles. The molecule has 0 atom stereocenters. The zero-order chi connectivity index (χ0) is 17.3. The van der Waals surface area contributed by atoms with E-state index in [1.165, 1.54) is 22.7 Å². The number of para-hydroxylation sites is 1. The topological polar surface area (TPSA) is 89.8 Å². The predicted molar refractivity (Wildman–Crippen MR) is 87.7 cm³/mol. The van der Waals surface area contributed by atoms with E-state index in [9.17, 15) is 13.2 Å². The van der Waals surface area contributed by atoms with Crippen molar-refractivity contribution in [2.24, 2.45) is 0 Å². The van der Waals surface area contributed by atoms with Gasteiger partial charge in [0.25, 0.3) is 10.0 Å². The maximum atomic E-state index is 12.5. The van der Waals surface area contributed by atoms with Gasteiger partial charge in [-0.15, -0.1) is 0 Å². The quantitative estimate of drug-likeness (QED) is 0.770. The SMILES string of the molecule is Cc1ccn2c(S(=O)(=O)NC(=O)Oc3ccccc3)c(Cl)nc2c1. The van der Waals surface area contributed by atoms with Gasteiger partial charge in [0.2, 0.25) is 0 Å². The first-order chi connectivity index (χ1) is 11.4. The van der Waals surface area contributed by atoms with Crippen LogP contribution in [-0.4, -0.2) is 23.9 Å². The van der Waals surface area contributed by atoms with Crippen molar-refractivity contribution in [3.63, 3.8) is 0 Å². The van der Waals surface area contributed by atoms with Crippen molar-refractivity contribution in [2.45, 2.75) is 11.9 Å². The molecule has 0 aliphatic carbocycles. The van der Waals surface area contributed by atoms with Crippen LogP contribution in [0.4, 0.5) is 4.79 Å². The predicted octanol–water partition coefficient (Wildman–Crippen LogP) is 2.77. The van der Waals surface area contributed by atoms with Crippen LogP contribution in [-0.2, 0) is 10.0 Å². The highest BCUT2D eigenvalue weighted by molar-refractivity contribution is 7.90. The fourth-order valence-corrected chi connectivity index (χ4v) is 3.63. The number of rotatable bonds is 3. The maximum absolute atomic E-state index is 12.5. The van der Waals surface area contributed by atoms with Crippen LogP contribution in [0.25, 0.3) is 5.65 Å². The van der Waals surface area contributed by atoms with Gasteiger partial charge in [-0.05, 0) is 36.8 Å². The summed E-state index contributed by atoms with van der Waals surface area (Å²) in [7, 11) is -4.26. The number of imidazole rings is 1. The molecule has 24 heavy (non-hydrogen) atoms. The Balaban J connectivity index is 1.91. The maximum Gasteiger partial charge on any atom is 0.426 e. The van der Waals surface area contributed by atoms with Crippen LogP contribution in [0.15, 0.2) is 53.7 Å². The van der Waals surface area contributed by atoms with Gasteiger partial charge < -0.3 is 4.74 Å². The molecule has 1 N–H and O–H groups in total. The van der Waals surface area contributed by atoms with Crippen LogP contribution in [0.3, 0.4) is 0 Å². The number of carbonyl (C=O) groups excluding carboxylic acids is 1. The summed E-state index contributed by atoms with van der Waals surface area (Å²) in [5, 5.41) is -0.565. The van der Waals surface area contributed by atoms with E-state index in [0.717, 1.165) is 5.56 Å². The summed E-state index contributed by atoms with van der Waals surface area (Å²) >= 11 is 5.94. The van der Waals surface area contributed by atoms with Gasteiger partial charge in [0.1, 0.15) is 11.4 Å². The van der Waals surface area contributed by atoms with E-state index < -0.39 is 16.1 Å². The first-order valence-corrected chi connectivity index (χ1v) is 8.67. The van der Waals surface area contributed by atoms with E-state index in [1.54, 1.807) is 30.3 Å². The second-order valence-corrected chi connectivity index (χ2v) is 6.90. The molecule has 0 bridgehead atoms. The third kappa shape index (κ3) is 3.19. The number of fused-ring (bicyclic) bond motifs is 1. The molecule has 0 saturated heterocycles. The van der Waals surface area contributed by atoms with Crippen molar-refractivity contribution < 1.29 is 17.9 Å². The highest BCUT2D eigenvalue weighted by Gasteiger charge is 2.27. The molecule has 0 aliphatic rings. The van der Waals surface area contributed by atoms with E-state index in [-0.39, 0.29) is 15.9 Å².